The number of ether oxygens (including phenoxy) is 1. The maximum absolute atomic E-state index is 12.4. The van der Waals surface area contributed by atoms with Crippen molar-refractivity contribution < 1.29 is 9.53 Å². The Morgan fingerprint density at radius 2 is 2.10 bits per heavy atom. The fourth-order valence-corrected chi connectivity index (χ4v) is 3.68. The molecule has 2 saturated carbocycles. The number of amides is 1. The van der Waals surface area contributed by atoms with E-state index >= 15 is 0 Å². The smallest absolute Gasteiger partial charge is 0.261 e. The van der Waals surface area contributed by atoms with Crippen molar-refractivity contribution in [2.75, 3.05) is 0 Å². The van der Waals surface area contributed by atoms with Crippen molar-refractivity contribution in [1.82, 2.24) is 5.32 Å². The van der Waals surface area contributed by atoms with E-state index in [4.69, 9.17) is 4.74 Å². The number of nitrogens with one attached hydrogen (secondary N) is 1. The minimum absolute atomic E-state index is 0.0499. The highest BCUT2D eigenvalue weighted by Gasteiger charge is 2.40. The summed E-state index contributed by atoms with van der Waals surface area (Å²) in [6.45, 7) is 1.99. The molecule has 20 heavy (non-hydrogen) atoms. The lowest BCUT2D eigenvalue weighted by molar-refractivity contribution is -0.129. The molecule has 4 atom stereocenters. The van der Waals surface area contributed by atoms with Gasteiger partial charge < -0.3 is 10.1 Å². The first-order valence-electron chi connectivity index (χ1n) is 7.78. The predicted molar refractivity (Wildman–Crippen MR) is 78.5 cm³/mol. The maximum Gasteiger partial charge on any atom is 0.261 e. The third-order valence-electron chi connectivity index (χ3n) is 4.75. The van der Waals surface area contributed by atoms with E-state index in [0.717, 1.165) is 18.1 Å². The molecule has 0 heterocycles. The van der Waals surface area contributed by atoms with Crippen molar-refractivity contribution in [2.24, 2.45) is 11.8 Å². The average molecular weight is 273 g/mol. The Bertz CT molecular complexity index is 459. The van der Waals surface area contributed by atoms with E-state index in [9.17, 15) is 4.79 Å². The van der Waals surface area contributed by atoms with Crippen LogP contribution in [0.5, 0.6) is 5.75 Å². The molecule has 1 amide bonds. The quantitative estimate of drug-likeness (QED) is 0.895. The second kappa shape index (κ2) is 5.86. The number of benzene rings is 1. The van der Waals surface area contributed by atoms with Gasteiger partial charge in [-0.05, 0) is 49.7 Å². The van der Waals surface area contributed by atoms with Gasteiger partial charge in [-0.25, -0.2) is 0 Å². The first-order chi connectivity index (χ1) is 9.76. The van der Waals surface area contributed by atoms with Crippen LogP contribution in [0.4, 0.5) is 0 Å². The van der Waals surface area contributed by atoms with Gasteiger partial charge in [0, 0.05) is 6.04 Å². The largest absolute Gasteiger partial charge is 0.481 e. The van der Waals surface area contributed by atoms with E-state index < -0.39 is 0 Å². The summed E-state index contributed by atoms with van der Waals surface area (Å²) in [5, 5.41) is 3.22. The van der Waals surface area contributed by atoms with E-state index in [1.807, 2.05) is 37.3 Å². The van der Waals surface area contributed by atoms with Crippen LogP contribution in [-0.2, 0) is 4.79 Å². The molecule has 3 heteroatoms. The zero-order chi connectivity index (χ0) is 13.9. The van der Waals surface area contributed by atoms with Crippen LogP contribution in [0.1, 0.15) is 39.0 Å². The number of carbonyl (C=O) groups is 1. The topological polar surface area (TPSA) is 38.3 Å². The molecule has 1 aromatic rings. The summed E-state index contributed by atoms with van der Waals surface area (Å²) in [6, 6.07) is 9.98. The molecule has 2 aliphatic rings. The van der Waals surface area contributed by atoms with Gasteiger partial charge >= 0.3 is 0 Å². The van der Waals surface area contributed by atoms with E-state index in [0.29, 0.717) is 18.4 Å². The normalized spacial score (nSPS) is 29.1. The number of rotatable bonds is 5. The van der Waals surface area contributed by atoms with Crippen molar-refractivity contribution in [1.29, 1.82) is 0 Å². The Morgan fingerprint density at radius 1 is 1.30 bits per heavy atom. The van der Waals surface area contributed by atoms with Crippen LogP contribution in [0.3, 0.4) is 0 Å². The summed E-state index contributed by atoms with van der Waals surface area (Å²) < 4.78 is 5.80. The van der Waals surface area contributed by atoms with Crippen LogP contribution in [0.15, 0.2) is 30.3 Å². The van der Waals surface area contributed by atoms with Gasteiger partial charge in [-0.2, -0.15) is 0 Å². The van der Waals surface area contributed by atoms with Crippen LogP contribution in [-0.4, -0.2) is 18.1 Å². The van der Waals surface area contributed by atoms with Gasteiger partial charge in [0.2, 0.25) is 0 Å². The Hall–Kier alpha value is -1.51. The highest BCUT2D eigenvalue weighted by molar-refractivity contribution is 5.81. The molecule has 108 valence electrons. The summed E-state index contributed by atoms with van der Waals surface area (Å²) in [7, 11) is 0. The van der Waals surface area contributed by atoms with Gasteiger partial charge in [0.15, 0.2) is 6.10 Å². The molecule has 0 aromatic heterocycles. The van der Waals surface area contributed by atoms with Gasteiger partial charge in [-0.3, -0.25) is 4.79 Å². The lowest BCUT2D eigenvalue weighted by Crippen LogP contribution is -2.45. The number of para-hydroxylation sites is 1. The minimum atomic E-state index is -0.378. The molecule has 1 aromatic carbocycles. The molecule has 2 fully saturated rings. The molecule has 0 saturated heterocycles. The van der Waals surface area contributed by atoms with Gasteiger partial charge in [0.1, 0.15) is 5.75 Å². The van der Waals surface area contributed by atoms with Crippen LogP contribution < -0.4 is 10.1 Å². The Kier molecular flexibility index (Phi) is 3.95. The first kappa shape index (κ1) is 13.5. The number of carbonyl (C=O) groups excluding carboxylic acids is 1. The maximum atomic E-state index is 12.4. The second-order valence-corrected chi connectivity index (χ2v) is 6.12. The van der Waals surface area contributed by atoms with Crippen molar-refractivity contribution in [3.05, 3.63) is 30.3 Å². The molecule has 0 spiro atoms. The lowest BCUT2D eigenvalue weighted by Gasteiger charge is -2.25. The van der Waals surface area contributed by atoms with Crippen LogP contribution in [0.25, 0.3) is 0 Å². The van der Waals surface area contributed by atoms with Gasteiger partial charge in [-0.1, -0.05) is 31.5 Å². The van der Waals surface area contributed by atoms with Crippen molar-refractivity contribution in [2.45, 2.75) is 51.2 Å². The minimum Gasteiger partial charge on any atom is -0.481 e. The van der Waals surface area contributed by atoms with Gasteiger partial charge in [0.05, 0.1) is 0 Å². The molecule has 3 rings (SSSR count). The molecule has 4 unspecified atom stereocenters. The highest BCUT2D eigenvalue weighted by Crippen LogP contribution is 2.44. The first-order valence-corrected chi connectivity index (χ1v) is 7.78. The zero-order valence-electron chi connectivity index (χ0n) is 12.0. The van der Waals surface area contributed by atoms with E-state index in [-0.39, 0.29) is 12.0 Å². The lowest BCUT2D eigenvalue weighted by atomic mass is 9.95. The van der Waals surface area contributed by atoms with Crippen molar-refractivity contribution in [3.8, 4) is 5.75 Å². The van der Waals surface area contributed by atoms with Gasteiger partial charge in [0.25, 0.3) is 5.91 Å². The zero-order valence-corrected chi connectivity index (χ0v) is 12.0. The molecular formula is C17H23NO2. The second-order valence-electron chi connectivity index (χ2n) is 6.12. The Balaban J connectivity index is 1.57. The summed E-state index contributed by atoms with van der Waals surface area (Å²) >= 11 is 0. The summed E-state index contributed by atoms with van der Waals surface area (Å²) in [5.74, 6) is 2.37. The molecule has 0 radical (unpaired) electrons. The fraction of sp³-hybridized carbons (Fsp3) is 0.588. The summed E-state index contributed by atoms with van der Waals surface area (Å²) in [5.41, 5.74) is 0. The number of fused-ring (bicyclic) bond motifs is 2. The predicted octanol–water partition coefficient (Wildman–Crippen LogP) is 3.15. The molecule has 0 aliphatic heterocycles. The molecule has 1 N–H and O–H groups in total. The molecule has 2 aliphatic carbocycles. The van der Waals surface area contributed by atoms with Crippen molar-refractivity contribution >= 4 is 5.91 Å². The fourth-order valence-electron chi connectivity index (χ4n) is 3.68. The number of hydrogen-bond donors (Lipinski definition) is 1. The Morgan fingerprint density at radius 3 is 2.70 bits per heavy atom. The van der Waals surface area contributed by atoms with Crippen LogP contribution >= 0.6 is 0 Å². The highest BCUT2D eigenvalue weighted by atomic mass is 16.5. The monoisotopic (exact) mass is 273 g/mol. The van der Waals surface area contributed by atoms with E-state index in [1.54, 1.807) is 0 Å². The molecular weight excluding hydrogens is 250 g/mol. The third kappa shape index (κ3) is 2.82. The molecule has 2 bridgehead atoms. The Labute approximate surface area is 120 Å². The average Bonchev–Trinajstić information content (AvgIpc) is 3.08. The SMILES string of the molecule is CCC(Oc1ccccc1)C(=O)NC1CC2CCC1C2. The number of hydrogen-bond acceptors (Lipinski definition) is 2. The van der Waals surface area contributed by atoms with Gasteiger partial charge in [-0.15, -0.1) is 0 Å². The third-order valence-corrected chi connectivity index (χ3v) is 4.75. The summed E-state index contributed by atoms with van der Waals surface area (Å²) in [4.78, 5) is 12.4. The summed E-state index contributed by atoms with van der Waals surface area (Å²) in [6.07, 6.45) is 5.43. The van der Waals surface area contributed by atoms with E-state index in [1.165, 1.54) is 19.3 Å². The van der Waals surface area contributed by atoms with Crippen LogP contribution in [0, 0.1) is 11.8 Å². The van der Waals surface area contributed by atoms with E-state index in [2.05, 4.69) is 5.32 Å². The van der Waals surface area contributed by atoms with Crippen molar-refractivity contribution in [3.63, 3.8) is 0 Å². The standard InChI is InChI=1S/C17H23NO2/c1-2-16(20-14-6-4-3-5-7-14)17(19)18-15-11-12-8-9-13(15)10-12/h3-7,12-13,15-16H,2,8-11H2,1H3,(H,18,19). The van der Waals surface area contributed by atoms with Crippen LogP contribution in [0.2, 0.25) is 0 Å². The molecule has 3 nitrogen and oxygen atoms in total.